The first-order valence-electron chi connectivity index (χ1n) is 14.8. The maximum absolute atomic E-state index is 13.0. The Kier molecular flexibility index (Phi) is 6.07. The van der Waals surface area contributed by atoms with Gasteiger partial charge in [-0.05, 0) is 104 Å². The predicted octanol–water partition coefficient (Wildman–Crippen LogP) is 6.58. The third kappa shape index (κ3) is 3.15. The van der Waals surface area contributed by atoms with Crippen LogP contribution in [0, 0.1) is 62.6 Å². The number of carbonyl (C=O) groups excluding carboxylic acids is 1. The number of hydrogen-bond donors (Lipinski definition) is 2. The fourth-order valence-corrected chi connectivity index (χ4v) is 12.2. The van der Waals surface area contributed by atoms with Crippen LogP contribution in [0.2, 0.25) is 0 Å². The smallest absolute Gasteiger partial charge is 0.310 e. The summed E-state index contributed by atoms with van der Waals surface area (Å²) in [6, 6.07) is 0. The number of aliphatic carboxylic acids is 2. The average Bonchev–Trinajstić information content (AvgIpc) is 3.27. The van der Waals surface area contributed by atoms with Gasteiger partial charge in [-0.15, -0.1) is 0 Å². The van der Waals surface area contributed by atoms with Crippen molar-refractivity contribution in [3.8, 4) is 0 Å². The van der Waals surface area contributed by atoms with Gasteiger partial charge in [-0.25, -0.2) is 0 Å². The summed E-state index contributed by atoms with van der Waals surface area (Å²) < 4.78 is 5.84. The normalized spacial score (nSPS) is 50.7. The zero-order chi connectivity index (χ0) is 28.2. The van der Waals surface area contributed by atoms with Crippen LogP contribution >= 0.6 is 0 Å². The third-order valence-electron chi connectivity index (χ3n) is 13.8. The fraction of sp³-hybridized carbons (Fsp3) is 0.844. The van der Waals surface area contributed by atoms with Crippen LogP contribution in [0.25, 0.3) is 0 Å². The summed E-state index contributed by atoms with van der Waals surface area (Å²) >= 11 is 0. The second-order valence-electron chi connectivity index (χ2n) is 15.2. The summed E-state index contributed by atoms with van der Waals surface area (Å²) in [5, 5.41) is 21.2. The predicted molar refractivity (Wildman–Crippen MR) is 144 cm³/mol. The van der Waals surface area contributed by atoms with Gasteiger partial charge in [-0.1, -0.05) is 46.8 Å². The van der Waals surface area contributed by atoms with E-state index in [2.05, 4.69) is 48.1 Å². The molecule has 6 heteroatoms. The van der Waals surface area contributed by atoms with Crippen molar-refractivity contribution in [2.24, 2.45) is 62.6 Å². The standard InChI is InChI=1S/C32H48O6/c1-17(2)19-11-14-32(27(36)37)16-15-29(6)20(23(19)32)9-10-22-30(29,7)13-12-21-28(4,5)25(38-18(3)33)24(26(34)35)31(21,22)8/h19-25H,1,9-16H2,2-8H3,(H,34,35)(H,36,37)/t19-,20+,21-,22-,23?,24+,25-,29+,30+,31-,32-/m0/s1. The lowest BCUT2D eigenvalue weighted by Gasteiger charge is -2.70. The van der Waals surface area contributed by atoms with E-state index in [-0.39, 0.29) is 40.4 Å². The quantitative estimate of drug-likeness (QED) is 0.316. The Labute approximate surface area is 228 Å². The Morgan fingerprint density at radius 3 is 2.03 bits per heavy atom. The largest absolute Gasteiger partial charge is 0.481 e. The lowest BCUT2D eigenvalue weighted by Crippen LogP contribution is -2.65. The number of fused-ring (bicyclic) bond motifs is 7. The molecule has 0 aromatic heterocycles. The van der Waals surface area contributed by atoms with Crippen molar-refractivity contribution in [2.75, 3.05) is 0 Å². The maximum Gasteiger partial charge on any atom is 0.310 e. The molecular weight excluding hydrogens is 480 g/mol. The van der Waals surface area contributed by atoms with Crippen molar-refractivity contribution >= 4 is 17.9 Å². The monoisotopic (exact) mass is 528 g/mol. The Bertz CT molecular complexity index is 1080. The molecule has 0 radical (unpaired) electrons. The Hall–Kier alpha value is -1.85. The molecule has 0 bridgehead atoms. The Morgan fingerprint density at radius 1 is 0.816 bits per heavy atom. The molecule has 0 saturated heterocycles. The summed E-state index contributed by atoms with van der Waals surface area (Å²) in [7, 11) is 0. The van der Waals surface area contributed by atoms with Crippen LogP contribution in [0.3, 0.4) is 0 Å². The van der Waals surface area contributed by atoms with Crippen LogP contribution in [0.4, 0.5) is 0 Å². The van der Waals surface area contributed by atoms with E-state index in [1.165, 1.54) is 6.92 Å². The van der Waals surface area contributed by atoms with Gasteiger partial charge >= 0.3 is 17.9 Å². The lowest BCUT2D eigenvalue weighted by atomic mass is 9.34. The molecule has 0 aliphatic heterocycles. The molecule has 5 rings (SSSR count). The number of allylic oxidation sites excluding steroid dienone is 1. The molecule has 212 valence electrons. The van der Waals surface area contributed by atoms with Gasteiger partial charge in [0.2, 0.25) is 0 Å². The highest BCUT2D eigenvalue weighted by molar-refractivity contribution is 5.76. The molecule has 0 aromatic carbocycles. The van der Waals surface area contributed by atoms with Gasteiger partial charge in [0.25, 0.3) is 0 Å². The SMILES string of the molecule is C=C(C)[C@@H]1CC[C@]2(C(=O)O)CC[C@]3(C)[C@H](CC[C@@H]4[C@@]5(C)[C@@H](C(=O)O)[C@H](OC(C)=O)C(C)(C)[C@@H]5CC[C@]43C)C12. The van der Waals surface area contributed by atoms with Gasteiger partial charge in [-0.2, -0.15) is 0 Å². The Morgan fingerprint density at radius 2 is 1.47 bits per heavy atom. The first-order chi connectivity index (χ1) is 17.5. The van der Waals surface area contributed by atoms with Crippen molar-refractivity contribution in [2.45, 2.75) is 106 Å². The average molecular weight is 529 g/mol. The molecule has 38 heavy (non-hydrogen) atoms. The van der Waals surface area contributed by atoms with E-state index >= 15 is 0 Å². The number of carboxylic acid groups (broad SMARTS) is 2. The van der Waals surface area contributed by atoms with Crippen LogP contribution in [0.5, 0.6) is 0 Å². The molecule has 6 nitrogen and oxygen atoms in total. The summed E-state index contributed by atoms with van der Waals surface area (Å²) in [5.74, 6) is -1.78. The van der Waals surface area contributed by atoms with Gasteiger partial charge in [0.15, 0.2) is 0 Å². The fourth-order valence-electron chi connectivity index (χ4n) is 12.2. The van der Waals surface area contributed by atoms with E-state index in [4.69, 9.17) is 4.74 Å². The minimum Gasteiger partial charge on any atom is -0.481 e. The van der Waals surface area contributed by atoms with Crippen molar-refractivity contribution in [1.82, 2.24) is 0 Å². The van der Waals surface area contributed by atoms with Crippen LogP contribution in [0.1, 0.15) is 99.8 Å². The van der Waals surface area contributed by atoms with Crippen LogP contribution < -0.4 is 0 Å². The molecule has 5 aliphatic rings. The van der Waals surface area contributed by atoms with E-state index in [9.17, 15) is 24.6 Å². The third-order valence-corrected chi connectivity index (χ3v) is 13.8. The van der Waals surface area contributed by atoms with Crippen molar-refractivity contribution in [3.05, 3.63) is 12.2 Å². The summed E-state index contributed by atoms with van der Waals surface area (Å²) in [5.41, 5.74) is -0.720. The molecule has 2 N–H and O–H groups in total. The van der Waals surface area contributed by atoms with E-state index in [1.807, 2.05) is 0 Å². The highest BCUT2D eigenvalue weighted by Gasteiger charge is 2.76. The molecule has 5 aliphatic carbocycles. The minimum absolute atomic E-state index is 0.0851. The van der Waals surface area contributed by atoms with Gasteiger partial charge in [0.05, 0.1) is 5.41 Å². The summed E-state index contributed by atoms with van der Waals surface area (Å²) in [6.07, 6.45) is 6.25. The molecular formula is C32H48O6. The van der Waals surface area contributed by atoms with Crippen LogP contribution in [-0.4, -0.2) is 34.2 Å². The Balaban J connectivity index is 1.61. The summed E-state index contributed by atoms with van der Waals surface area (Å²) in [4.78, 5) is 38.0. The van der Waals surface area contributed by atoms with E-state index in [0.717, 1.165) is 50.5 Å². The van der Waals surface area contributed by atoms with Crippen LogP contribution in [-0.2, 0) is 19.1 Å². The molecule has 5 fully saturated rings. The molecule has 11 atom stereocenters. The van der Waals surface area contributed by atoms with Crippen molar-refractivity contribution in [3.63, 3.8) is 0 Å². The number of hydrogen-bond acceptors (Lipinski definition) is 4. The highest BCUT2D eigenvalue weighted by Crippen LogP contribution is 2.79. The van der Waals surface area contributed by atoms with Crippen molar-refractivity contribution < 1.29 is 29.3 Å². The van der Waals surface area contributed by atoms with Gasteiger partial charge < -0.3 is 14.9 Å². The number of esters is 1. The number of carboxylic acids is 2. The molecule has 0 aromatic rings. The molecule has 1 unspecified atom stereocenters. The number of rotatable bonds is 4. The highest BCUT2D eigenvalue weighted by atomic mass is 16.5. The van der Waals surface area contributed by atoms with Crippen molar-refractivity contribution in [1.29, 1.82) is 0 Å². The zero-order valence-corrected chi connectivity index (χ0v) is 24.4. The van der Waals surface area contributed by atoms with Crippen LogP contribution in [0.15, 0.2) is 12.2 Å². The second-order valence-corrected chi connectivity index (χ2v) is 15.2. The first kappa shape index (κ1) is 27.7. The topological polar surface area (TPSA) is 101 Å². The molecule has 5 saturated carbocycles. The molecule has 0 heterocycles. The second kappa shape index (κ2) is 8.33. The minimum atomic E-state index is -0.863. The zero-order valence-electron chi connectivity index (χ0n) is 24.4. The van der Waals surface area contributed by atoms with E-state index in [1.54, 1.807) is 0 Å². The van der Waals surface area contributed by atoms with E-state index < -0.39 is 46.2 Å². The van der Waals surface area contributed by atoms with E-state index in [0.29, 0.717) is 6.42 Å². The molecule has 0 amide bonds. The van der Waals surface area contributed by atoms with Gasteiger partial charge in [-0.3, -0.25) is 14.4 Å². The lowest BCUT2D eigenvalue weighted by molar-refractivity contribution is -0.228. The summed E-state index contributed by atoms with van der Waals surface area (Å²) in [6.45, 7) is 18.9. The maximum atomic E-state index is 13.0. The van der Waals surface area contributed by atoms with Gasteiger partial charge in [0.1, 0.15) is 12.0 Å². The molecule has 0 spiro atoms. The first-order valence-corrected chi connectivity index (χ1v) is 14.8. The number of ether oxygens (including phenoxy) is 1. The number of carbonyl (C=O) groups is 3. The van der Waals surface area contributed by atoms with Gasteiger partial charge in [0, 0.05) is 12.3 Å².